The van der Waals surface area contributed by atoms with Crippen LogP contribution in [-0.2, 0) is 9.84 Å². The van der Waals surface area contributed by atoms with E-state index in [0.29, 0.717) is 12.5 Å². The lowest BCUT2D eigenvalue weighted by Gasteiger charge is -2.10. The third kappa shape index (κ3) is 5.57. The van der Waals surface area contributed by atoms with Crippen molar-refractivity contribution < 1.29 is 8.42 Å². The average molecular weight is 220 g/mol. The molecule has 0 saturated carbocycles. The largest absolute Gasteiger partial charge is 0.315 e. The summed E-state index contributed by atoms with van der Waals surface area (Å²) in [6.45, 7) is 2.88. The van der Waals surface area contributed by atoms with Gasteiger partial charge in [-0.25, -0.2) is 8.42 Å². The summed E-state index contributed by atoms with van der Waals surface area (Å²) >= 11 is 0. The molecule has 2 N–H and O–H groups in total. The van der Waals surface area contributed by atoms with Crippen LogP contribution < -0.4 is 10.6 Å². The molecule has 1 heterocycles. The van der Waals surface area contributed by atoms with E-state index >= 15 is 0 Å². The molecule has 0 aliphatic carbocycles. The second-order valence-corrected chi connectivity index (χ2v) is 6.24. The van der Waals surface area contributed by atoms with Crippen LogP contribution in [0.1, 0.15) is 19.3 Å². The third-order valence-electron chi connectivity index (χ3n) is 2.42. The first-order valence-electron chi connectivity index (χ1n) is 5.20. The third-order valence-corrected chi connectivity index (χ3v) is 3.45. The maximum Gasteiger partial charge on any atom is 0.147 e. The molecule has 84 valence electrons. The van der Waals surface area contributed by atoms with Crippen LogP contribution in [0.15, 0.2) is 0 Å². The van der Waals surface area contributed by atoms with Crippen LogP contribution in [-0.4, -0.2) is 46.1 Å². The Kier molecular flexibility index (Phi) is 4.84. The highest BCUT2D eigenvalue weighted by molar-refractivity contribution is 7.90. The predicted octanol–water partition coefficient (Wildman–Crippen LogP) is -0.237. The van der Waals surface area contributed by atoms with Crippen molar-refractivity contribution in [1.82, 2.24) is 10.6 Å². The summed E-state index contributed by atoms with van der Waals surface area (Å²) < 4.78 is 21.6. The zero-order valence-electron chi connectivity index (χ0n) is 8.75. The second-order valence-electron chi connectivity index (χ2n) is 3.98. The molecular weight excluding hydrogens is 200 g/mol. The van der Waals surface area contributed by atoms with E-state index < -0.39 is 9.84 Å². The highest BCUT2D eigenvalue weighted by Crippen LogP contribution is 2.02. The molecule has 0 radical (unpaired) electrons. The molecule has 1 saturated heterocycles. The first-order valence-corrected chi connectivity index (χ1v) is 7.26. The molecule has 0 amide bonds. The summed E-state index contributed by atoms with van der Waals surface area (Å²) in [5, 5.41) is 6.66. The van der Waals surface area contributed by atoms with Gasteiger partial charge in [0.2, 0.25) is 0 Å². The molecule has 0 spiro atoms. The van der Waals surface area contributed by atoms with Gasteiger partial charge in [-0.1, -0.05) is 0 Å². The van der Waals surface area contributed by atoms with Gasteiger partial charge in [0, 0.05) is 18.8 Å². The zero-order valence-corrected chi connectivity index (χ0v) is 9.57. The van der Waals surface area contributed by atoms with Crippen molar-refractivity contribution in [1.29, 1.82) is 0 Å². The lowest BCUT2D eigenvalue weighted by Crippen LogP contribution is -2.34. The normalized spacial score (nSPS) is 22.8. The maximum atomic E-state index is 10.8. The molecular formula is C9H20N2O2S. The summed E-state index contributed by atoms with van der Waals surface area (Å²) in [7, 11) is -2.78. The van der Waals surface area contributed by atoms with E-state index in [2.05, 4.69) is 10.6 Å². The van der Waals surface area contributed by atoms with Gasteiger partial charge < -0.3 is 10.6 Å². The molecule has 1 rings (SSSR count). The van der Waals surface area contributed by atoms with Crippen molar-refractivity contribution in [2.24, 2.45) is 0 Å². The first kappa shape index (κ1) is 11.9. The van der Waals surface area contributed by atoms with E-state index in [1.165, 1.54) is 19.1 Å². The Hall–Kier alpha value is -0.130. The minimum absolute atomic E-state index is 0.290. The maximum absolute atomic E-state index is 10.8. The van der Waals surface area contributed by atoms with E-state index in [1.807, 2.05) is 0 Å². The van der Waals surface area contributed by atoms with Crippen LogP contribution in [0.3, 0.4) is 0 Å². The average Bonchev–Trinajstić information content (AvgIpc) is 2.54. The van der Waals surface area contributed by atoms with Gasteiger partial charge in [0.05, 0.1) is 5.75 Å². The predicted molar refractivity (Wildman–Crippen MR) is 58.2 cm³/mol. The quantitative estimate of drug-likeness (QED) is 0.607. The molecule has 1 atom stereocenters. The fourth-order valence-corrected chi connectivity index (χ4v) is 2.34. The minimum atomic E-state index is -2.78. The zero-order chi connectivity index (χ0) is 10.4. The van der Waals surface area contributed by atoms with E-state index in [9.17, 15) is 8.42 Å². The molecule has 1 aliphatic heterocycles. The summed E-state index contributed by atoms with van der Waals surface area (Å²) in [5.41, 5.74) is 0. The van der Waals surface area contributed by atoms with Crippen LogP contribution in [0.4, 0.5) is 0 Å². The van der Waals surface area contributed by atoms with Gasteiger partial charge in [-0.3, -0.25) is 0 Å². The molecule has 0 aromatic heterocycles. The second kappa shape index (κ2) is 5.68. The van der Waals surface area contributed by atoms with Gasteiger partial charge in [0.1, 0.15) is 9.84 Å². The Bertz CT molecular complexity index is 246. The van der Waals surface area contributed by atoms with Gasteiger partial charge in [0.25, 0.3) is 0 Å². The number of hydrogen-bond acceptors (Lipinski definition) is 4. The molecule has 1 fully saturated rings. The first-order chi connectivity index (χ1) is 6.58. The monoisotopic (exact) mass is 220 g/mol. The number of sulfone groups is 1. The lowest BCUT2D eigenvalue weighted by atomic mass is 10.2. The van der Waals surface area contributed by atoms with Crippen LogP contribution >= 0.6 is 0 Å². The van der Waals surface area contributed by atoms with E-state index in [1.54, 1.807) is 0 Å². The molecule has 4 nitrogen and oxygen atoms in total. The van der Waals surface area contributed by atoms with Gasteiger partial charge in [-0.2, -0.15) is 0 Å². The van der Waals surface area contributed by atoms with Crippen LogP contribution in [0.5, 0.6) is 0 Å². The summed E-state index contributed by atoms with van der Waals surface area (Å²) in [5.74, 6) is 0.290. The van der Waals surface area contributed by atoms with Crippen molar-refractivity contribution in [2.45, 2.75) is 25.3 Å². The SMILES string of the molecule is CS(=O)(=O)CCCNCC1CCCN1. The lowest BCUT2D eigenvalue weighted by molar-refractivity contribution is 0.533. The topological polar surface area (TPSA) is 58.2 Å². The highest BCUT2D eigenvalue weighted by atomic mass is 32.2. The molecule has 0 aromatic carbocycles. The summed E-state index contributed by atoms with van der Waals surface area (Å²) in [6, 6.07) is 0.591. The molecule has 0 bridgehead atoms. The molecule has 5 heteroatoms. The Balaban J connectivity index is 1.94. The Morgan fingerprint density at radius 3 is 2.86 bits per heavy atom. The van der Waals surface area contributed by atoms with E-state index in [-0.39, 0.29) is 5.75 Å². The smallest absolute Gasteiger partial charge is 0.147 e. The van der Waals surface area contributed by atoms with Crippen LogP contribution in [0.2, 0.25) is 0 Å². The van der Waals surface area contributed by atoms with Crippen molar-refractivity contribution in [3.8, 4) is 0 Å². The van der Waals surface area contributed by atoms with Crippen molar-refractivity contribution >= 4 is 9.84 Å². The van der Waals surface area contributed by atoms with Crippen LogP contribution in [0.25, 0.3) is 0 Å². The molecule has 14 heavy (non-hydrogen) atoms. The van der Waals surface area contributed by atoms with Gasteiger partial charge in [-0.15, -0.1) is 0 Å². The van der Waals surface area contributed by atoms with E-state index in [4.69, 9.17) is 0 Å². The number of hydrogen-bond donors (Lipinski definition) is 2. The Labute approximate surface area is 86.4 Å². The molecule has 1 aliphatic rings. The fourth-order valence-electron chi connectivity index (χ4n) is 1.67. The van der Waals surface area contributed by atoms with Gasteiger partial charge >= 0.3 is 0 Å². The van der Waals surface area contributed by atoms with E-state index in [0.717, 1.165) is 19.6 Å². The highest BCUT2D eigenvalue weighted by Gasteiger charge is 2.12. The Morgan fingerprint density at radius 2 is 2.29 bits per heavy atom. The van der Waals surface area contributed by atoms with Crippen molar-refractivity contribution in [3.63, 3.8) is 0 Å². The molecule has 0 aromatic rings. The Morgan fingerprint density at radius 1 is 1.50 bits per heavy atom. The fraction of sp³-hybridized carbons (Fsp3) is 1.00. The minimum Gasteiger partial charge on any atom is -0.315 e. The van der Waals surface area contributed by atoms with Gasteiger partial charge in [0.15, 0.2) is 0 Å². The van der Waals surface area contributed by atoms with Gasteiger partial charge in [-0.05, 0) is 32.4 Å². The number of rotatable bonds is 6. The van der Waals surface area contributed by atoms with Crippen molar-refractivity contribution in [2.75, 3.05) is 31.6 Å². The standard InChI is InChI=1S/C9H20N2O2S/c1-14(12,13)7-3-5-10-8-9-4-2-6-11-9/h9-11H,2-8H2,1H3. The van der Waals surface area contributed by atoms with Crippen molar-refractivity contribution in [3.05, 3.63) is 0 Å². The molecule has 1 unspecified atom stereocenters. The summed E-state index contributed by atoms with van der Waals surface area (Å²) in [6.07, 6.45) is 4.49. The summed E-state index contributed by atoms with van der Waals surface area (Å²) in [4.78, 5) is 0. The van der Waals surface area contributed by atoms with Crippen LogP contribution in [0, 0.1) is 0 Å². The number of nitrogens with one attached hydrogen (secondary N) is 2.